The van der Waals surface area contributed by atoms with Gasteiger partial charge in [0.05, 0.1) is 5.69 Å². The van der Waals surface area contributed by atoms with Gasteiger partial charge in [0, 0.05) is 39.5 Å². The molecule has 2 aromatic heterocycles. The highest BCUT2D eigenvalue weighted by Crippen LogP contribution is 2.21. The number of piperidine rings is 1. The van der Waals surface area contributed by atoms with Crippen LogP contribution < -0.4 is 0 Å². The minimum absolute atomic E-state index is 0.00660. The highest BCUT2D eigenvalue weighted by Gasteiger charge is 2.25. The molecule has 0 unspecified atom stereocenters. The van der Waals surface area contributed by atoms with E-state index in [1.807, 2.05) is 35.8 Å². The van der Waals surface area contributed by atoms with Gasteiger partial charge in [0.2, 0.25) is 0 Å². The Morgan fingerprint density at radius 2 is 2.27 bits per heavy atom. The van der Waals surface area contributed by atoms with Crippen molar-refractivity contribution in [2.24, 2.45) is 5.92 Å². The summed E-state index contributed by atoms with van der Waals surface area (Å²) in [5.41, 5.74) is 2.32. The number of unbranched alkanes of at least 4 members (excludes halogenated alkanes) is 1. The number of carbonyl (C=O) groups excluding carboxylic acids is 1. The molecule has 142 valence electrons. The molecule has 3 heterocycles. The van der Waals surface area contributed by atoms with E-state index in [1.54, 1.807) is 4.90 Å². The molecule has 6 nitrogen and oxygen atoms in total. The largest absolute Gasteiger partial charge is 0.396 e. The molecule has 1 atom stereocenters. The van der Waals surface area contributed by atoms with Gasteiger partial charge in [0.25, 0.3) is 5.91 Å². The van der Waals surface area contributed by atoms with Crippen molar-refractivity contribution in [1.82, 2.24) is 19.2 Å². The van der Waals surface area contributed by atoms with Gasteiger partial charge >= 0.3 is 0 Å². The zero-order valence-corrected chi connectivity index (χ0v) is 15.9. The monoisotopic (exact) mass is 358 g/mol. The lowest BCUT2D eigenvalue weighted by atomic mass is 9.99. The molecule has 1 amide bonds. The first-order valence-electron chi connectivity index (χ1n) is 9.68. The summed E-state index contributed by atoms with van der Waals surface area (Å²) >= 11 is 0. The van der Waals surface area contributed by atoms with Gasteiger partial charge in [0.15, 0.2) is 5.69 Å². The minimum atomic E-state index is -0.00660. The molecule has 26 heavy (non-hydrogen) atoms. The fourth-order valence-corrected chi connectivity index (χ4v) is 3.70. The lowest BCUT2D eigenvalue weighted by Crippen LogP contribution is -2.37. The van der Waals surface area contributed by atoms with Crippen LogP contribution >= 0.6 is 0 Å². The van der Waals surface area contributed by atoms with Crippen LogP contribution in [0.25, 0.3) is 5.65 Å². The van der Waals surface area contributed by atoms with Crippen molar-refractivity contribution in [3.8, 4) is 0 Å². The highest BCUT2D eigenvalue weighted by atomic mass is 16.3. The zero-order chi connectivity index (χ0) is 18.5. The first-order valence-corrected chi connectivity index (χ1v) is 9.68. The van der Waals surface area contributed by atoms with E-state index in [0.29, 0.717) is 18.2 Å². The van der Waals surface area contributed by atoms with Crippen LogP contribution in [0.2, 0.25) is 0 Å². The first kappa shape index (κ1) is 18.9. The maximum atomic E-state index is 13.0. The van der Waals surface area contributed by atoms with E-state index in [0.717, 1.165) is 56.7 Å². The van der Waals surface area contributed by atoms with Crippen LogP contribution in [-0.2, 0) is 6.54 Å². The van der Waals surface area contributed by atoms with Crippen LogP contribution in [0.3, 0.4) is 0 Å². The molecule has 3 rings (SSSR count). The number of hydrogen-bond acceptors (Lipinski definition) is 4. The molecular formula is C20H30N4O2. The van der Waals surface area contributed by atoms with Crippen molar-refractivity contribution >= 4 is 11.6 Å². The summed E-state index contributed by atoms with van der Waals surface area (Å²) in [4.78, 5) is 21.8. The van der Waals surface area contributed by atoms with Gasteiger partial charge in [-0.15, -0.1) is 0 Å². The molecule has 0 radical (unpaired) electrons. The first-order chi connectivity index (χ1) is 12.6. The van der Waals surface area contributed by atoms with Crippen molar-refractivity contribution < 1.29 is 9.90 Å². The highest BCUT2D eigenvalue weighted by molar-refractivity contribution is 5.94. The van der Waals surface area contributed by atoms with Crippen molar-refractivity contribution in [2.75, 3.05) is 33.3 Å². The predicted octanol–water partition coefficient (Wildman–Crippen LogP) is 2.41. The number of imidazole rings is 1. The Bertz CT molecular complexity index is 742. The van der Waals surface area contributed by atoms with Gasteiger partial charge < -0.3 is 14.4 Å². The van der Waals surface area contributed by atoms with Crippen LogP contribution in [0.4, 0.5) is 0 Å². The summed E-state index contributed by atoms with van der Waals surface area (Å²) in [6.45, 7) is 5.66. The number of aliphatic hydroxyl groups excluding tert-OH is 1. The zero-order valence-electron chi connectivity index (χ0n) is 15.9. The van der Waals surface area contributed by atoms with Crippen LogP contribution in [0.15, 0.2) is 24.4 Å². The van der Waals surface area contributed by atoms with Crippen LogP contribution in [0, 0.1) is 5.92 Å². The lowest BCUT2D eigenvalue weighted by Gasteiger charge is -2.31. The molecule has 0 spiro atoms. The van der Waals surface area contributed by atoms with Gasteiger partial charge in [-0.1, -0.05) is 19.4 Å². The van der Waals surface area contributed by atoms with Crippen LogP contribution in [-0.4, -0.2) is 63.5 Å². The quantitative estimate of drug-likeness (QED) is 0.826. The van der Waals surface area contributed by atoms with E-state index in [9.17, 15) is 9.90 Å². The van der Waals surface area contributed by atoms with Gasteiger partial charge in [0.1, 0.15) is 5.65 Å². The normalized spacial score (nSPS) is 18.3. The Labute approximate surface area is 155 Å². The van der Waals surface area contributed by atoms with Crippen molar-refractivity contribution in [3.63, 3.8) is 0 Å². The summed E-state index contributed by atoms with van der Waals surface area (Å²) in [6.07, 6.45) is 6.20. The number of aliphatic hydroxyl groups is 1. The summed E-state index contributed by atoms with van der Waals surface area (Å²) in [6, 6.07) is 5.86. The average molecular weight is 358 g/mol. The smallest absolute Gasteiger partial charge is 0.274 e. The molecule has 0 aromatic carbocycles. The Kier molecular flexibility index (Phi) is 6.27. The number of amides is 1. The maximum Gasteiger partial charge on any atom is 0.274 e. The Balaban J connectivity index is 1.88. The Morgan fingerprint density at radius 3 is 3.04 bits per heavy atom. The van der Waals surface area contributed by atoms with E-state index >= 15 is 0 Å². The molecule has 1 aliphatic heterocycles. The molecule has 0 aliphatic carbocycles. The van der Waals surface area contributed by atoms with Crippen LogP contribution in [0.5, 0.6) is 0 Å². The third kappa shape index (κ3) is 4.07. The predicted molar refractivity (Wildman–Crippen MR) is 102 cm³/mol. The molecule has 0 bridgehead atoms. The molecular weight excluding hydrogens is 328 g/mol. The molecule has 1 fully saturated rings. The fourth-order valence-electron chi connectivity index (χ4n) is 3.70. The van der Waals surface area contributed by atoms with Crippen LogP contribution in [0.1, 0.15) is 48.8 Å². The van der Waals surface area contributed by atoms with Crippen molar-refractivity contribution in [2.45, 2.75) is 39.2 Å². The molecule has 1 saturated heterocycles. The number of fused-ring (bicyclic) bond motifs is 1. The maximum absolute atomic E-state index is 13.0. The number of carbonyl (C=O) groups is 1. The molecule has 6 heteroatoms. The Morgan fingerprint density at radius 1 is 1.42 bits per heavy atom. The van der Waals surface area contributed by atoms with Crippen molar-refractivity contribution in [3.05, 3.63) is 35.8 Å². The van der Waals surface area contributed by atoms with Gasteiger partial charge in [-0.2, -0.15) is 0 Å². The standard InChI is InChI=1S/C20H30N4O2/c1-3-4-10-22(2)20(26)19-17(24-12-6-5-9-18(24)21-19)14-23-11-7-8-16(13-23)15-25/h5-6,9,12,16,25H,3-4,7-8,10-11,13-15H2,1-2H3/t16-/m1/s1. The summed E-state index contributed by atoms with van der Waals surface area (Å²) in [7, 11) is 1.86. The van der Waals surface area contributed by atoms with Gasteiger partial charge in [-0.3, -0.25) is 9.69 Å². The second-order valence-electron chi connectivity index (χ2n) is 7.34. The number of hydrogen-bond donors (Lipinski definition) is 1. The fraction of sp³-hybridized carbons (Fsp3) is 0.600. The summed E-state index contributed by atoms with van der Waals surface area (Å²) in [5, 5.41) is 9.50. The van der Waals surface area contributed by atoms with E-state index in [4.69, 9.17) is 0 Å². The number of pyridine rings is 1. The third-order valence-electron chi connectivity index (χ3n) is 5.26. The number of likely N-dealkylation sites (tertiary alicyclic amines) is 1. The number of rotatable bonds is 7. The van der Waals surface area contributed by atoms with Crippen molar-refractivity contribution in [1.29, 1.82) is 0 Å². The van der Waals surface area contributed by atoms with E-state index < -0.39 is 0 Å². The van der Waals surface area contributed by atoms with Gasteiger partial charge in [-0.25, -0.2) is 4.98 Å². The van der Waals surface area contributed by atoms with E-state index in [-0.39, 0.29) is 12.5 Å². The lowest BCUT2D eigenvalue weighted by molar-refractivity contribution is 0.0782. The van der Waals surface area contributed by atoms with Gasteiger partial charge in [-0.05, 0) is 43.9 Å². The number of nitrogens with zero attached hydrogens (tertiary/aromatic N) is 4. The van der Waals surface area contributed by atoms with E-state index in [2.05, 4.69) is 16.8 Å². The molecule has 1 aliphatic rings. The minimum Gasteiger partial charge on any atom is -0.396 e. The SMILES string of the molecule is CCCCN(C)C(=O)c1nc2ccccn2c1CN1CCC[C@@H](CO)C1. The summed E-state index contributed by atoms with van der Waals surface area (Å²) < 4.78 is 2.03. The Hall–Kier alpha value is -1.92. The third-order valence-corrected chi connectivity index (χ3v) is 5.26. The summed E-state index contributed by atoms with van der Waals surface area (Å²) in [5.74, 6) is 0.321. The average Bonchev–Trinajstić information content (AvgIpc) is 3.04. The van der Waals surface area contributed by atoms with E-state index in [1.165, 1.54) is 0 Å². The topological polar surface area (TPSA) is 61.1 Å². The molecule has 0 saturated carbocycles. The molecule has 1 N–H and O–H groups in total. The molecule has 2 aromatic rings. The second-order valence-corrected chi connectivity index (χ2v) is 7.34. The second kappa shape index (κ2) is 8.64. The number of aromatic nitrogens is 2.